The number of rotatable bonds is 8. The van der Waals surface area contributed by atoms with Crippen molar-refractivity contribution < 1.29 is 37.3 Å². The molecule has 0 atom stereocenters. The Morgan fingerprint density at radius 1 is 1.20 bits per heavy atom. The van der Waals surface area contributed by atoms with E-state index in [2.05, 4.69) is 5.73 Å². The Labute approximate surface area is 200 Å². The minimum absolute atomic E-state index is 0.0444. The second-order valence-electron chi connectivity index (χ2n) is 8.14. The Hall–Kier alpha value is -3.68. The molecule has 1 N–H and O–H groups in total. The molecular weight excluding hydrogens is 463 g/mol. The third-order valence-corrected chi connectivity index (χ3v) is 5.50. The van der Waals surface area contributed by atoms with E-state index in [0.29, 0.717) is 43.3 Å². The molecule has 4 rings (SSSR count). The van der Waals surface area contributed by atoms with Gasteiger partial charge in [-0.3, -0.25) is 4.90 Å². The number of hydrogen-bond acceptors (Lipinski definition) is 5. The number of ether oxygens (including phenoxy) is 3. The first-order valence-corrected chi connectivity index (χ1v) is 11.0. The fraction of sp³-hybridized carbons (Fsp3) is 0.308. The maximum atomic E-state index is 13.4. The molecule has 2 aliphatic rings. The Morgan fingerprint density at radius 3 is 2.77 bits per heavy atom. The molecule has 0 fully saturated rings. The van der Waals surface area contributed by atoms with E-state index in [9.17, 15) is 18.0 Å². The summed E-state index contributed by atoms with van der Waals surface area (Å²) in [5.41, 5.74) is 4.39. The van der Waals surface area contributed by atoms with Gasteiger partial charge in [-0.25, -0.2) is 4.79 Å². The number of nitrogens with zero attached hydrogens (tertiary/aromatic N) is 1. The summed E-state index contributed by atoms with van der Waals surface area (Å²) in [5, 5.41) is 9.16. The highest BCUT2D eigenvalue weighted by molar-refractivity contribution is 5.87. The first-order chi connectivity index (χ1) is 16.7. The van der Waals surface area contributed by atoms with Crippen molar-refractivity contribution in [3.8, 4) is 17.2 Å². The highest BCUT2D eigenvalue weighted by atomic mass is 19.4. The van der Waals surface area contributed by atoms with E-state index in [0.717, 1.165) is 17.2 Å². The van der Waals surface area contributed by atoms with Crippen molar-refractivity contribution in [2.45, 2.75) is 19.7 Å². The van der Waals surface area contributed by atoms with E-state index in [1.54, 1.807) is 31.2 Å². The minimum atomic E-state index is -4.53. The monoisotopic (exact) mass is 487 g/mol. The lowest BCUT2D eigenvalue weighted by Crippen LogP contribution is -2.33. The van der Waals surface area contributed by atoms with Gasteiger partial charge in [0, 0.05) is 31.3 Å². The van der Waals surface area contributed by atoms with Gasteiger partial charge in [-0.1, -0.05) is 6.07 Å². The molecule has 6 nitrogen and oxygen atoms in total. The van der Waals surface area contributed by atoms with Gasteiger partial charge in [-0.05, 0) is 54.5 Å². The van der Waals surface area contributed by atoms with E-state index in [1.807, 2.05) is 17.0 Å². The molecule has 184 valence electrons. The summed E-state index contributed by atoms with van der Waals surface area (Å²) < 4.78 is 56.8. The summed E-state index contributed by atoms with van der Waals surface area (Å²) in [6, 6.07) is 9.15. The molecule has 35 heavy (non-hydrogen) atoms. The predicted octanol–water partition coefficient (Wildman–Crippen LogP) is 4.94. The quantitative estimate of drug-likeness (QED) is 0.532. The van der Waals surface area contributed by atoms with Gasteiger partial charge in [0.05, 0.1) is 17.7 Å². The van der Waals surface area contributed by atoms with Crippen molar-refractivity contribution in [1.29, 1.82) is 0 Å². The van der Waals surface area contributed by atoms with Crippen LogP contribution in [0.25, 0.3) is 6.08 Å². The summed E-state index contributed by atoms with van der Waals surface area (Å²) in [4.78, 5) is 13.2. The van der Waals surface area contributed by atoms with Gasteiger partial charge in [0.1, 0.15) is 30.5 Å². The zero-order valence-corrected chi connectivity index (χ0v) is 19.0. The van der Waals surface area contributed by atoms with Crippen molar-refractivity contribution in [3.05, 3.63) is 76.0 Å². The fourth-order valence-corrected chi connectivity index (χ4v) is 3.88. The largest absolute Gasteiger partial charge is 0.493 e. The molecule has 0 bridgehead atoms. The topological polar surface area (TPSA) is 68.2 Å². The number of aliphatic carboxylic acids is 1. The van der Waals surface area contributed by atoms with Crippen LogP contribution in [0.1, 0.15) is 23.6 Å². The zero-order valence-electron chi connectivity index (χ0n) is 19.0. The molecule has 0 amide bonds. The zero-order chi connectivity index (χ0) is 25.0. The minimum Gasteiger partial charge on any atom is -0.493 e. The van der Waals surface area contributed by atoms with E-state index < -0.39 is 17.7 Å². The Kier molecular flexibility index (Phi) is 7.19. The highest BCUT2D eigenvalue weighted by Crippen LogP contribution is 2.37. The maximum Gasteiger partial charge on any atom is 0.419 e. The van der Waals surface area contributed by atoms with Crippen LogP contribution in [0, 0.1) is 0 Å². The number of halogens is 3. The normalized spacial score (nSPS) is 15.5. The lowest BCUT2D eigenvalue weighted by molar-refractivity contribution is -0.139. The van der Waals surface area contributed by atoms with Crippen LogP contribution in [0.3, 0.4) is 0 Å². The van der Waals surface area contributed by atoms with E-state index in [1.165, 1.54) is 6.07 Å². The summed E-state index contributed by atoms with van der Waals surface area (Å²) >= 11 is 0. The number of carboxylic acids is 1. The van der Waals surface area contributed by atoms with Crippen molar-refractivity contribution in [2.75, 3.05) is 32.8 Å². The van der Waals surface area contributed by atoms with Crippen molar-refractivity contribution in [3.63, 3.8) is 0 Å². The molecule has 0 aromatic heterocycles. The molecule has 2 aliphatic heterocycles. The van der Waals surface area contributed by atoms with E-state index in [-0.39, 0.29) is 24.5 Å². The Balaban J connectivity index is 1.40. The van der Waals surface area contributed by atoms with Crippen LogP contribution in [0.5, 0.6) is 17.2 Å². The number of carbonyl (C=O) groups is 1. The fourth-order valence-electron chi connectivity index (χ4n) is 3.88. The lowest BCUT2D eigenvalue weighted by Gasteiger charge is -2.26. The summed E-state index contributed by atoms with van der Waals surface area (Å²) in [7, 11) is 0. The van der Waals surface area contributed by atoms with Gasteiger partial charge >= 0.3 is 12.1 Å². The number of carboxylic acid groups (broad SMARTS) is 1. The van der Waals surface area contributed by atoms with Gasteiger partial charge in [0.15, 0.2) is 0 Å². The predicted molar refractivity (Wildman–Crippen MR) is 123 cm³/mol. The van der Waals surface area contributed by atoms with Gasteiger partial charge < -0.3 is 19.3 Å². The van der Waals surface area contributed by atoms with Crippen LogP contribution in [0.15, 0.2) is 59.4 Å². The number of hydrogen-bond donors (Lipinski definition) is 1. The molecule has 0 radical (unpaired) electrons. The average molecular weight is 487 g/mol. The van der Waals surface area contributed by atoms with Crippen molar-refractivity contribution >= 4 is 12.0 Å². The Morgan fingerprint density at radius 2 is 2.03 bits per heavy atom. The summed E-state index contributed by atoms with van der Waals surface area (Å²) in [6.07, 6.45) is -0.829. The second kappa shape index (κ2) is 10.3. The third-order valence-electron chi connectivity index (χ3n) is 5.50. The molecular formula is C26H24F3NO5. The van der Waals surface area contributed by atoms with Crippen LogP contribution in [0.4, 0.5) is 13.2 Å². The first kappa shape index (κ1) is 24.4. The second-order valence-corrected chi connectivity index (χ2v) is 8.14. The standard InChI is InChI=1S/C26H24F3NO5/c1-2-33-23-8-5-17(11-22(23)26(27,28)29)15-34-21-7-6-19-10-18(16-35-24(19)12-21)13-30-9-3-4-20(14-30)25(31)32/h3,5-8,10-12H,2,9,13-16H2,1H3,(H,31,32). The Bertz CT molecular complexity index is 1210. The summed E-state index contributed by atoms with van der Waals surface area (Å²) in [5.74, 6) is -0.0964. The molecule has 0 saturated carbocycles. The van der Waals surface area contributed by atoms with Crippen molar-refractivity contribution in [1.82, 2.24) is 4.90 Å². The van der Waals surface area contributed by atoms with E-state index >= 15 is 0 Å². The van der Waals surface area contributed by atoms with Crippen LogP contribution in [0.2, 0.25) is 0 Å². The molecule has 0 unspecified atom stereocenters. The molecule has 0 aliphatic carbocycles. The molecule has 2 aromatic rings. The van der Waals surface area contributed by atoms with Crippen LogP contribution < -0.4 is 14.2 Å². The highest BCUT2D eigenvalue weighted by Gasteiger charge is 2.34. The maximum absolute atomic E-state index is 13.4. The van der Waals surface area contributed by atoms with Gasteiger partial charge in [-0.2, -0.15) is 13.2 Å². The van der Waals surface area contributed by atoms with Crippen LogP contribution in [-0.4, -0.2) is 48.8 Å². The third kappa shape index (κ3) is 6.07. The SMILES string of the molecule is CCOc1ccc(COc2ccc3c(c2)OCC(CN2CC=C=C(C(=O)O)C2)=C3)cc1C(F)(F)F. The average Bonchev–Trinajstić information content (AvgIpc) is 2.83. The number of fused-ring (bicyclic) bond motifs is 1. The summed E-state index contributed by atoms with van der Waals surface area (Å²) in [6.45, 7) is 3.55. The first-order valence-electron chi connectivity index (χ1n) is 11.0. The smallest absolute Gasteiger partial charge is 0.419 e. The molecule has 2 aromatic carbocycles. The van der Waals surface area contributed by atoms with Crippen molar-refractivity contribution in [2.24, 2.45) is 0 Å². The number of benzene rings is 2. The molecule has 0 saturated heterocycles. The molecule has 0 spiro atoms. The lowest BCUT2D eigenvalue weighted by atomic mass is 10.1. The van der Waals surface area contributed by atoms with Crippen LogP contribution in [-0.2, 0) is 17.6 Å². The number of alkyl halides is 3. The van der Waals surface area contributed by atoms with Gasteiger partial charge in [0.25, 0.3) is 0 Å². The van der Waals surface area contributed by atoms with Gasteiger partial charge in [0.2, 0.25) is 0 Å². The van der Waals surface area contributed by atoms with Gasteiger partial charge in [-0.15, -0.1) is 5.73 Å². The molecule has 2 heterocycles. The molecule has 9 heteroatoms. The van der Waals surface area contributed by atoms with Crippen LogP contribution >= 0.6 is 0 Å². The van der Waals surface area contributed by atoms with E-state index in [4.69, 9.17) is 19.3 Å².